The number of aryl methyl sites for hydroxylation is 1. The maximum absolute atomic E-state index is 12.0. The number of nitrogens with one attached hydrogen (secondary N) is 2. The molecule has 0 aromatic heterocycles. The second-order valence-corrected chi connectivity index (χ2v) is 6.10. The van der Waals surface area contributed by atoms with Gasteiger partial charge in [0.2, 0.25) is 5.91 Å². The predicted octanol–water partition coefficient (Wildman–Crippen LogP) is 3.59. The number of carbonyl (C=O) groups is 1. The monoisotopic (exact) mass is 274 g/mol. The van der Waals surface area contributed by atoms with Gasteiger partial charge in [-0.15, -0.1) is 0 Å². The Hall–Kier alpha value is -1.51. The lowest BCUT2D eigenvalue weighted by Crippen LogP contribution is -2.36. The van der Waals surface area contributed by atoms with Crippen molar-refractivity contribution < 1.29 is 4.79 Å². The van der Waals surface area contributed by atoms with Crippen molar-refractivity contribution in [2.45, 2.75) is 58.4 Å². The predicted molar refractivity (Wildman–Crippen MR) is 84.2 cm³/mol. The summed E-state index contributed by atoms with van der Waals surface area (Å²) in [7, 11) is 0. The number of para-hydroxylation sites is 1. The molecule has 1 aromatic carbocycles. The van der Waals surface area contributed by atoms with E-state index in [1.807, 2.05) is 0 Å². The van der Waals surface area contributed by atoms with E-state index in [-0.39, 0.29) is 5.91 Å². The van der Waals surface area contributed by atoms with Crippen LogP contribution in [0.5, 0.6) is 0 Å². The molecule has 1 aromatic rings. The van der Waals surface area contributed by atoms with Gasteiger partial charge in [0.1, 0.15) is 0 Å². The summed E-state index contributed by atoms with van der Waals surface area (Å²) in [4.78, 5) is 12.0. The van der Waals surface area contributed by atoms with Crippen LogP contribution in [0.25, 0.3) is 0 Å². The van der Waals surface area contributed by atoms with Gasteiger partial charge in [0, 0.05) is 11.7 Å². The third-order valence-corrected chi connectivity index (χ3v) is 4.07. The minimum Gasteiger partial charge on any atom is -0.376 e. The van der Waals surface area contributed by atoms with Crippen LogP contribution in [0.15, 0.2) is 18.2 Å². The van der Waals surface area contributed by atoms with Crippen LogP contribution in [0.1, 0.15) is 56.6 Å². The first-order chi connectivity index (χ1) is 9.58. The molecule has 2 N–H and O–H groups in total. The first-order valence-corrected chi connectivity index (χ1v) is 7.70. The maximum atomic E-state index is 12.0. The Morgan fingerprint density at radius 1 is 1.30 bits per heavy atom. The quantitative estimate of drug-likeness (QED) is 0.861. The van der Waals surface area contributed by atoms with Crippen LogP contribution < -0.4 is 10.6 Å². The van der Waals surface area contributed by atoms with Gasteiger partial charge >= 0.3 is 0 Å². The maximum Gasteiger partial charge on any atom is 0.239 e. The van der Waals surface area contributed by atoms with Crippen LogP contribution in [0, 0.1) is 6.92 Å². The molecule has 0 bridgehead atoms. The highest BCUT2D eigenvalue weighted by Crippen LogP contribution is 2.27. The second kappa shape index (κ2) is 6.78. The molecule has 1 amide bonds. The van der Waals surface area contributed by atoms with E-state index >= 15 is 0 Å². The molecule has 0 unspecified atom stereocenters. The fourth-order valence-corrected chi connectivity index (χ4v) is 2.93. The Kier molecular flexibility index (Phi) is 5.05. The zero-order valence-electron chi connectivity index (χ0n) is 12.8. The Morgan fingerprint density at radius 3 is 2.65 bits per heavy atom. The van der Waals surface area contributed by atoms with Crippen LogP contribution in [0.2, 0.25) is 0 Å². The van der Waals surface area contributed by atoms with E-state index < -0.39 is 0 Å². The summed E-state index contributed by atoms with van der Waals surface area (Å²) in [6.45, 7) is 6.81. The van der Waals surface area contributed by atoms with E-state index in [1.165, 1.54) is 24.0 Å². The number of rotatable bonds is 5. The van der Waals surface area contributed by atoms with E-state index in [0.29, 0.717) is 18.5 Å². The first kappa shape index (κ1) is 14.9. The van der Waals surface area contributed by atoms with E-state index in [2.05, 4.69) is 49.6 Å². The van der Waals surface area contributed by atoms with Gasteiger partial charge in [-0.3, -0.25) is 4.79 Å². The lowest BCUT2D eigenvalue weighted by Gasteiger charge is -2.18. The number of benzene rings is 1. The van der Waals surface area contributed by atoms with Gasteiger partial charge < -0.3 is 10.6 Å². The van der Waals surface area contributed by atoms with Crippen LogP contribution in [0.3, 0.4) is 0 Å². The zero-order valence-corrected chi connectivity index (χ0v) is 12.8. The molecule has 1 aliphatic rings. The third-order valence-electron chi connectivity index (χ3n) is 4.07. The fraction of sp³-hybridized carbons (Fsp3) is 0.588. The summed E-state index contributed by atoms with van der Waals surface area (Å²) in [5.41, 5.74) is 3.59. The number of hydrogen-bond donors (Lipinski definition) is 2. The van der Waals surface area contributed by atoms with E-state index in [9.17, 15) is 4.79 Å². The van der Waals surface area contributed by atoms with Crippen molar-refractivity contribution >= 4 is 11.6 Å². The average Bonchev–Trinajstić information content (AvgIpc) is 2.89. The molecular weight excluding hydrogens is 248 g/mol. The van der Waals surface area contributed by atoms with Crippen molar-refractivity contribution in [1.82, 2.24) is 5.32 Å². The van der Waals surface area contributed by atoms with Gasteiger partial charge in [-0.2, -0.15) is 0 Å². The van der Waals surface area contributed by atoms with E-state index in [1.54, 1.807) is 0 Å². The van der Waals surface area contributed by atoms with Crippen LogP contribution in [0.4, 0.5) is 5.69 Å². The molecule has 0 heterocycles. The highest BCUT2D eigenvalue weighted by atomic mass is 16.1. The molecule has 0 spiro atoms. The molecule has 3 nitrogen and oxygen atoms in total. The fourth-order valence-electron chi connectivity index (χ4n) is 2.93. The molecule has 1 fully saturated rings. The van der Waals surface area contributed by atoms with E-state index in [4.69, 9.17) is 0 Å². The molecule has 0 radical (unpaired) electrons. The molecule has 0 saturated heterocycles. The summed E-state index contributed by atoms with van der Waals surface area (Å²) in [6, 6.07) is 6.69. The largest absolute Gasteiger partial charge is 0.376 e. The summed E-state index contributed by atoms with van der Waals surface area (Å²) >= 11 is 0. The molecular formula is C17H26N2O. The van der Waals surface area contributed by atoms with Crippen molar-refractivity contribution in [3.63, 3.8) is 0 Å². The van der Waals surface area contributed by atoms with Gasteiger partial charge in [-0.1, -0.05) is 44.9 Å². The Morgan fingerprint density at radius 2 is 2.00 bits per heavy atom. The van der Waals surface area contributed by atoms with Crippen molar-refractivity contribution in [3.05, 3.63) is 29.3 Å². The summed E-state index contributed by atoms with van der Waals surface area (Å²) < 4.78 is 0. The smallest absolute Gasteiger partial charge is 0.239 e. The second-order valence-electron chi connectivity index (χ2n) is 6.10. The molecule has 0 atom stereocenters. The van der Waals surface area contributed by atoms with Gasteiger partial charge in [-0.25, -0.2) is 0 Å². The SMILES string of the molecule is Cc1cccc(C(C)C)c1NCC(=O)NC1CCCC1. The van der Waals surface area contributed by atoms with Gasteiger partial charge in [0.05, 0.1) is 6.54 Å². The highest BCUT2D eigenvalue weighted by Gasteiger charge is 2.17. The topological polar surface area (TPSA) is 41.1 Å². The number of amides is 1. The van der Waals surface area contributed by atoms with Crippen LogP contribution >= 0.6 is 0 Å². The van der Waals surface area contributed by atoms with E-state index in [0.717, 1.165) is 18.5 Å². The Labute approximate surface area is 122 Å². The summed E-state index contributed by atoms with van der Waals surface area (Å²) in [5.74, 6) is 0.560. The normalized spacial score (nSPS) is 15.6. The Balaban J connectivity index is 1.94. The number of anilines is 1. The van der Waals surface area contributed by atoms with Crippen molar-refractivity contribution in [2.24, 2.45) is 0 Å². The van der Waals surface area contributed by atoms with Crippen LogP contribution in [-0.2, 0) is 4.79 Å². The minimum absolute atomic E-state index is 0.106. The van der Waals surface area contributed by atoms with Crippen molar-refractivity contribution in [2.75, 3.05) is 11.9 Å². The average molecular weight is 274 g/mol. The first-order valence-electron chi connectivity index (χ1n) is 7.70. The molecule has 110 valence electrons. The summed E-state index contributed by atoms with van der Waals surface area (Å²) in [6.07, 6.45) is 4.75. The molecule has 1 saturated carbocycles. The number of hydrogen-bond acceptors (Lipinski definition) is 2. The lowest BCUT2D eigenvalue weighted by molar-refractivity contribution is -0.120. The van der Waals surface area contributed by atoms with Gasteiger partial charge in [0.25, 0.3) is 0 Å². The van der Waals surface area contributed by atoms with Crippen molar-refractivity contribution in [1.29, 1.82) is 0 Å². The lowest BCUT2D eigenvalue weighted by atomic mass is 9.98. The van der Waals surface area contributed by atoms with Crippen molar-refractivity contribution in [3.8, 4) is 0 Å². The minimum atomic E-state index is 0.106. The molecule has 2 rings (SSSR count). The molecule has 0 aliphatic heterocycles. The number of carbonyl (C=O) groups excluding carboxylic acids is 1. The van der Waals surface area contributed by atoms with Gasteiger partial charge in [-0.05, 0) is 36.8 Å². The molecule has 1 aliphatic carbocycles. The molecule has 20 heavy (non-hydrogen) atoms. The third kappa shape index (κ3) is 3.75. The zero-order chi connectivity index (χ0) is 14.5. The van der Waals surface area contributed by atoms with Gasteiger partial charge in [0.15, 0.2) is 0 Å². The summed E-state index contributed by atoms with van der Waals surface area (Å²) in [5, 5.41) is 6.44. The van der Waals surface area contributed by atoms with Crippen LogP contribution in [-0.4, -0.2) is 18.5 Å². The standard InChI is InChI=1S/C17H26N2O/c1-12(2)15-10-6-7-13(3)17(15)18-11-16(20)19-14-8-4-5-9-14/h6-7,10,12,14,18H,4-5,8-9,11H2,1-3H3,(H,19,20). The molecule has 3 heteroatoms. The Bertz CT molecular complexity index is 462. The highest BCUT2D eigenvalue weighted by molar-refractivity contribution is 5.81.